The Labute approximate surface area is 193 Å². The second-order valence-electron chi connectivity index (χ2n) is 8.12. The Hall–Kier alpha value is -1.46. The van der Waals surface area contributed by atoms with Gasteiger partial charge in [0, 0.05) is 37.3 Å². The minimum Gasteiger partial charge on any atom is -0.490 e. The zero-order valence-electron chi connectivity index (χ0n) is 17.3. The molecule has 0 atom stereocenters. The van der Waals surface area contributed by atoms with E-state index in [1.54, 1.807) is 12.1 Å². The summed E-state index contributed by atoms with van der Waals surface area (Å²) >= 11 is 18.0. The molecular formula is C23H27Cl3N2O2. The van der Waals surface area contributed by atoms with Crippen molar-refractivity contribution in [2.24, 2.45) is 0 Å². The van der Waals surface area contributed by atoms with Crippen molar-refractivity contribution in [3.8, 4) is 5.75 Å². The van der Waals surface area contributed by atoms with Gasteiger partial charge >= 0.3 is 0 Å². The Bertz CT molecular complexity index is 863. The quantitative estimate of drug-likeness (QED) is 0.575. The number of hydrogen-bond donors (Lipinski definition) is 1. The molecule has 0 radical (unpaired) electrons. The van der Waals surface area contributed by atoms with Crippen molar-refractivity contribution in [3.05, 3.63) is 63.1 Å². The SMILES string of the molecule is CC(C)(C(=O)NCCN1CCC(Oc2ccc(Cl)c(Cl)c2)CC1)c1ccc(Cl)cc1. The van der Waals surface area contributed by atoms with Gasteiger partial charge in [-0.25, -0.2) is 0 Å². The molecule has 4 nitrogen and oxygen atoms in total. The molecule has 0 bridgehead atoms. The molecular weight excluding hydrogens is 443 g/mol. The minimum absolute atomic E-state index is 0.0164. The first-order valence-electron chi connectivity index (χ1n) is 10.1. The summed E-state index contributed by atoms with van der Waals surface area (Å²) in [4.78, 5) is 15.0. The highest BCUT2D eigenvalue weighted by Gasteiger charge is 2.29. The highest BCUT2D eigenvalue weighted by atomic mass is 35.5. The maximum Gasteiger partial charge on any atom is 0.230 e. The highest BCUT2D eigenvalue weighted by Crippen LogP contribution is 2.28. The number of halogens is 3. The topological polar surface area (TPSA) is 41.6 Å². The lowest BCUT2D eigenvalue weighted by Crippen LogP contribution is -2.45. The maximum atomic E-state index is 12.7. The van der Waals surface area contributed by atoms with Gasteiger partial charge in [0.15, 0.2) is 0 Å². The third kappa shape index (κ3) is 6.04. The van der Waals surface area contributed by atoms with Crippen LogP contribution < -0.4 is 10.1 Å². The van der Waals surface area contributed by atoms with Gasteiger partial charge < -0.3 is 15.0 Å². The van der Waals surface area contributed by atoms with Crippen LogP contribution in [0.5, 0.6) is 5.75 Å². The van der Waals surface area contributed by atoms with Gasteiger partial charge in [0.25, 0.3) is 0 Å². The molecule has 1 aliphatic heterocycles. The molecule has 7 heteroatoms. The van der Waals surface area contributed by atoms with Gasteiger partial charge in [-0.1, -0.05) is 46.9 Å². The number of carbonyl (C=O) groups excluding carboxylic acids is 1. The Balaban J connectivity index is 1.40. The number of nitrogens with zero attached hydrogens (tertiary/aromatic N) is 1. The van der Waals surface area contributed by atoms with Crippen LogP contribution in [0.2, 0.25) is 15.1 Å². The molecule has 162 valence electrons. The molecule has 0 saturated carbocycles. The van der Waals surface area contributed by atoms with Gasteiger partial charge in [0.1, 0.15) is 11.9 Å². The van der Waals surface area contributed by atoms with Crippen LogP contribution >= 0.6 is 34.8 Å². The summed E-state index contributed by atoms with van der Waals surface area (Å²) in [6.45, 7) is 7.16. The van der Waals surface area contributed by atoms with Crippen LogP contribution in [0.15, 0.2) is 42.5 Å². The number of amides is 1. The van der Waals surface area contributed by atoms with Crippen LogP contribution in [0, 0.1) is 0 Å². The minimum atomic E-state index is -0.606. The molecule has 1 heterocycles. The molecule has 1 fully saturated rings. The van der Waals surface area contributed by atoms with Crippen molar-refractivity contribution in [1.29, 1.82) is 0 Å². The van der Waals surface area contributed by atoms with Crippen molar-refractivity contribution in [1.82, 2.24) is 10.2 Å². The largest absolute Gasteiger partial charge is 0.490 e. The van der Waals surface area contributed by atoms with Gasteiger partial charge in [-0.05, 0) is 56.5 Å². The van der Waals surface area contributed by atoms with Crippen molar-refractivity contribution in [2.45, 2.75) is 38.2 Å². The molecule has 2 aromatic rings. The van der Waals surface area contributed by atoms with Gasteiger partial charge in [0.2, 0.25) is 5.91 Å². The van der Waals surface area contributed by atoms with Crippen LogP contribution in [0.4, 0.5) is 0 Å². The van der Waals surface area contributed by atoms with E-state index in [0.29, 0.717) is 21.6 Å². The number of rotatable bonds is 7. The van der Waals surface area contributed by atoms with Crippen LogP contribution in [0.3, 0.4) is 0 Å². The molecule has 1 aliphatic rings. The molecule has 0 unspecified atom stereocenters. The van der Waals surface area contributed by atoms with E-state index in [2.05, 4.69) is 10.2 Å². The van der Waals surface area contributed by atoms with Gasteiger partial charge in [0.05, 0.1) is 15.5 Å². The molecule has 1 amide bonds. The molecule has 1 saturated heterocycles. The van der Waals surface area contributed by atoms with Crippen LogP contribution in [0.25, 0.3) is 0 Å². The summed E-state index contributed by atoms with van der Waals surface area (Å²) in [5.41, 5.74) is 0.343. The Kier molecular flexibility index (Phi) is 7.92. The van der Waals surface area contributed by atoms with E-state index in [1.165, 1.54) is 0 Å². The van der Waals surface area contributed by atoms with Gasteiger partial charge in [-0.15, -0.1) is 0 Å². The van der Waals surface area contributed by atoms with Crippen LogP contribution in [-0.2, 0) is 10.2 Å². The Morgan fingerprint density at radius 2 is 1.73 bits per heavy atom. The Morgan fingerprint density at radius 3 is 2.37 bits per heavy atom. The number of carbonyl (C=O) groups is 1. The zero-order valence-corrected chi connectivity index (χ0v) is 19.5. The summed E-state index contributed by atoms with van der Waals surface area (Å²) in [7, 11) is 0. The number of hydrogen-bond acceptors (Lipinski definition) is 3. The molecule has 0 spiro atoms. The van der Waals surface area contributed by atoms with E-state index in [1.807, 2.05) is 44.2 Å². The van der Waals surface area contributed by atoms with E-state index in [0.717, 1.165) is 43.8 Å². The standard InChI is InChI=1S/C23H27Cl3N2O2/c1-23(2,16-3-5-17(24)6-4-16)22(29)27-11-14-28-12-9-18(10-13-28)30-19-7-8-20(25)21(26)15-19/h3-8,15,18H,9-14H2,1-2H3,(H,27,29). The molecule has 30 heavy (non-hydrogen) atoms. The van der Waals surface area contributed by atoms with Crippen molar-refractivity contribution >= 4 is 40.7 Å². The van der Waals surface area contributed by atoms with E-state index >= 15 is 0 Å². The molecule has 2 aromatic carbocycles. The van der Waals surface area contributed by atoms with Crippen LogP contribution in [0.1, 0.15) is 32.3 Å². The summed E-state index contributed by atoms with van der Waals surface area (Å²) in [6.07, 6.45) is 2.03. The fourth-order valence-corrected chi connectivity index (χ4v) is 3.95. The fourth-order valence-electron chi connectivity index (χ4n) is 3.54. The normalized spacial score (nSPS) is 15.8. The molecule has 3 rings (SSSR count). The van der Waals surface area contributed by atoms with Gasteiger partial charge in [-0.2, -0.15) is 0 Å². The summed E-state index contributed by atoms with van der Waals surface area (Å²) in [5.74, 6) is 0.766. The third-order valence-electron chi connectivity index (χ3n) is 5.58. The molecule has 1 N–H and O–H groups in total. The summed E-state index contributed by atoms with van der Waals surface area (Å²) in [5, 5.41) is 4.77. The summed E-state index contributed by atoms with van der Waals surface area (Å²) in [6, 6.07) is 12.8. The fraction of sp³-hybridized carbons (Fsp3) is 0.435. The maximum absolute atomic E-state index is 12.7. The number of piperidine rings is 1. The van der Waals surface area contributed by atoms with Gasteiger partial charge in [-0.3, -0.25) is 4.79 Å². The first kappa shape index (κ1) is 23.2. The predicted molar refractivity (Wildman–Crippen MR) is 124 cm³/mol. The average Bonchev–Trinajstić information content (AvgIpc) is 2.72. The number of ether oxygens (including phenoxy) is 1. The summed E-state index contributed by atoms with van der Waals surface area (Å²) < 4.78 is 6.04. The van der Waals surface area contributed by atoms with Crippen molar-refractivity contribution in [2.75, 3.05) is 26.2 Å². The Morgan fingerprint density at radius 1 is 1.07 bits per heavy atom. The first-order chi connectivity index (χ1) is 14.3. The third-order valence-corrected chi connectivity index (χ3v) is 6.57. The van der Waals surface area contributed by atoms with E-state index in [9.17, 15) is 4.79 Å². The van der Waals surface area contributed by atoms with Crippen LogP contribution in [-0.4, -0.2) is 43.1 Å². The van der Waals surface area contributed by atoms with Crippen molar-refractivity contribution < 1.29 is 9.53 Å². The highest BCUT2D eigenvalue weighted by molar-refractivity contribution is 6.42. The predicted octanol–water partition coefficient (Wildman–Crippen LogP) is 5.58. The lowest BCUT2D eigenvalue weighted by Gasteiger charge is -2.32. The lowest BCUT2D eigenvalue weighted by atomic mass is 9.84. The first-order valence-corrected chi connectivity index (χ1v) is 11.3. The number of likely N-dealkylation sites (tertiary alicyclic amines) is 1. The molecule has 0 aliphatic carbocycles. The molecule has 0 aromatic heterocycles. The van der Waals surface area contributed by atoms with E-state index in [4.69, 9.17) is 39.5 Å². The zero-order chi connectivity index (χ0) is 21.7. The monoisotopic (exact) mass is 468 g/mol. The average molecular weight is 470 g/mol. The second-order valence-corrected chi connectivity index (χ2v) is 9.37. The smallest absolute Gasteiger partial charge is 0.230 e. The van der Waals surface area contributed by atoms with E-state index < -0.39 is 5.41 Å². The van der Waals surface area contributed by atoms with Crippen molar-refractivity contribution in [3.63, 3.8) is 0 Å². The lowest BCUT2D eigenvalue weighted by molar-refractivity contribution is -0.125. The number of benzene rings is 2. The second kappa shape index (κ2) is 10.2. The number of nitrogens with one attached hydrogen (secondary N) is 1. The van der Waals surface area contributed by atoms with E-state index in [-0.39, 0.29) is 12.0 Å².